The van der Waals surface area contributed by atoms with Gasteiger partial charge in [-0.15, -0.1) is 5.10 Å². The van der Waals surface area contributed by atoms with Crippen LogP contribution in [0, 0.1) is 5.92 Å². The average Bonchev–Trinajstić information content (AvgIpc) is 2.72. The number of phenols is 1. The number of hydrogen-bond acceptors (Lipinski definition) is 4. The zero-order valence-corrected chi connectivity index (χ0v) is 16.0. The van der Waals surface area contributed by atoms with Crippen LogP contribution < -0.4 is 5.32 Å². The number of aromatic nitrogens is 2. The van der Waals surface area contributed by atoms with Crippen LogP contribution in [0.1, 0.15) is 36.9 Å². The van der Waals surface area contributed by atoms with E-state index in [1.807, 2.05) is 24.3 Å². The smallest absolute Gasteiger partial charge is 0.416 e. The summed E-state index contributed by atoms with van der Waals surface area (Å²) < 4.78 is 38.8. The molecule has 1 aliphatic heterocycles. The van der Waals surface area contributed by atoms with Crippen LogP contribution in [0.4, 0.5) is 13.2 Å². The van der Waals surface area contributed by atoms with E-state index in [0.29, 0.717) is 11.6 Å². The molecule has 2 aromatic carbocycles. The largest absolute Gasteiger partial charge is 0.507 e. The second-order valence-corrected chi connectivity index (χ2v) is 7.60. The minimum atomic E-state index is -4.52. The van der Waals surface area contributed by atoms with E-state index in [9.17, 15) is 18.3 Å². The Kier molecular flexibility index (Phi) is 5.17. The average molecular weight is 401 g/mol. The number of nitrogens with one attached hydrogen (secondary N) is 1. The Labute approximate surface area is 166 Å². The monoisotopic (exact) mass is 401 g/mol. The molecule has 152 valence electrons. The van der Waals surface area contributed by atoms with Crippen LogP contribution >= 0.6 is 0 Å². The number of hydrogen-bond donors (Lipinski definition) is 2. The van der Waals surface area contributed by atoms with E-state index in [1.54, 1.807) is 0 Å². The molecule has 2 unspecified atom stereocenters. The maximum atomic E-state index is 12.9. The molecule has 4 nitrogen and oxygen atoms in total. The predicted octanol–water partition coefficient (Wildman–Crippen LogP) is 5.12. The third kappa shape index (κ3) is 3.79. The minimum Gasteiger partial charge on any atom is -0.507 e. The Morgan fingerprint density at radius 2 is 1.86 bits per heavy atom. The van der Waals surface area contributed by atoms with Crippen molar-refractivity contribution in [1.82, 2.24) is 15.5 Å². The highest BCUT2D eigenvalue weighted by Crippen LogP contribution is 2.39. The summed E-state index contributed by atoms with van der Waals surface area (Å²) in [5.74, 6) is 0.179. The fraction of sp³-hybridized carbons (Fsp3) is 0.364. The molecule has 0 amide bonds. The van der Waals surface area contributed by atoms with Gasteiger partial charge in [0, 0.05) is 22.3 Å². The molecule has 0 saturated carbocycles. The van der Waals surface area contributed by atoms with Crippen molar-refractivity contribution < 1.29 is 18.3 Å². The van der Waals surface area contributed by atoms with Crippen molar-refractivity contribution in [3.63, 3.8) is 0 Å². The second-order valence-electron chi connectivity index (χ2n) is 7.60. The molecule has 1 aromatic heterocycles. The number of aromatic hydroxyl groups is 1. The molecule has 0 bridgehead atoms. The highest BCUT2D eigenvalue weighted by atomic mass is 19.4. The molecule has 2 atom stereocenters. The fourth-order valence-electron chi connectivity index (χ4n) is 4.10. The van der Waals surface area contributed by atoms with E-state index in [-0.39, 0.29) is 11.5 Å². The SMILES string of the molecule is CC(c1nnc(-c2ccc(C(F)(F)F)cc2O)c2ccccc12)C1CCCNC1. The molecule has 4 rings (SSSR count). The van der Waals surface area contributed by atoms with Gasteiger partial charge in [-0.25, -0.2) is 0 Å². The van der Waals surface area contributed by atoms with E-state index in [1.165, 1.54) is 6.07 Å². The summed E-state index contributed by atoms with van der Waals surface area (Å²) in [6.45, 7) is 4.10. The Hall–Kier alpha value is -2.67. The number of halogens is 3. The van der Waals surface area contributed by atoms with Crippen LogP contribution in [-0.4, -0.2) is 28.4 Å². The first-order valence-electron chi connectivity index (χ1n) is 9.73. The molecular formula is C22H22F3N3O. The molecule has 0 spiro atoms. The second kappa shape index (κ2) is 7.63. The lowest BCUT2D eigenvalue weighted by molar-refractivity contribution is -0.137. The van der Waals surface area contributed by atoms with E-state index < -0.39 is 17.5 Å². The quantitative estimate of drug-likeness (QED) is 0.639. The highest BCUT2D eigenvalue weighted by molar-refractivity contribution is 5.96. The molecule has 1 aliphatic rings. The van der Waals surface area contributed by atoms with Gasteiger partial charge in [-0.3, -0.25) is 0 Å². The first kappa shape index (κ1) is 19.6. The van der Waals surface area contributed by atoms with Crippen LogP contribution in [0.15, 0.2) is 42.5 Å². The summed E-state index contributed by atoms with van der Waals surface area (Å²) in [5.41, 5.74) is 0.597. The summed E-state index contributed by atoms with van der Waals surface area (Å²) in [5, 5.41) is 24.2. The lowest BCUT2D eigenvalue weighted by Gasteiger charge is -2.28. The molecule has 7 heteroatoms. The highest BCUT2D eigenvalue weighted by Gasteiger charge is 2.31. The molecule has 2 heterocycles. The molecule has 29 heavy (non-hydrogen) atoms. The topological polar surface area (TPSA) is 58.0 Å². The van der Waals surface area contributed by atoms with Gasteiger partial charge in [-0.2, -0.15) is 18.3 Å². The molecule has 1 saturated heterocycles. The normalized spacial score (nSPS) is 18.7. The molecule has 0 radical (unpaired) electrons. The zero-order valence-electron chi connectivity index (χ0n) is 16.0. The van der Waals surface area contributed by atoms with Crippen LogP contribution in [0.25, 0.3) is 22.0 Å². The maximum Gasteiger partial charge on any atom is 0.416 e. The van der Waals surface area contributed by atoms with Crippen molar-refractivity contribution in [2.24, 2.45) is 5.92 Å². The molecule has 3 aromatic rings. The van der Waals surface area contributed by atoms with E-state index in [0.717, 1.165) is 54.5 Å². The molecule has 1 fully saturated rings. The van der Waals surface area contributed by atoms with Crippen molar-refractivity contribution in [2.45, 2.75) is 31.9 Å². The fourth-order valence-corrected chi connectivity index (χ4v) is 4.10. The van der Waals surface area contributed by atoms with Gasteiger partial charge in [0.2, 0.25) is 0 Å². The Morgan fingerprint density at radius 3 is 2.52 bits per heavy atom. The number of phenolic OH excluding ortho intramolecular Hbond substituents is 1. The maximum absolute atomic E-state index is 12.9. The van der Waals surface area contributed by atoms with E-state index >= 15 is 0 Å². The molecular weight excluding hydrogens is 379 g/mol. The number of fused-ring (bicyclic) bond motifs is 1. The van der Waals surface area contributed by atoms with Crippen molar-refractivity contribution >= 4 is 10.8 Å². The van der Waals surface area contributed by atoms with Crippen molar-refractivity contribution in [2.75, 3.05) is 13.1 Å². The standard InChI is InChI=1S/C22H22F3N3O/c1-13(14-5-4-10-26-12-14)20-16-6-2-3-7-17(16)21(28-27-20)18-9-8-15(11-19(18)29)22(23,24)25/h2-3,6-9,11,13-14,26,29H,4-5,10,12H2,1H3. The first-order chi connectivity index (χ1) is 13.9. The summed E-state index contributed by atoms with van der Waals surface area (Å²) in [6.07, 6.45) is -2.28. The first-order valence-corrected chi connectivity index (χ1v) is 9.73. The Bertz CT molecular complexity index is 1030. The van der Waals surface area contributed by atoms with Crippen LogP contribution in [0.5, 0.6) is 5.75 Å². The number of alkyl halides is 3. The van der Waals surface area contributed by atoms with Gasteiger partial charge >= 0.3 is 6.18 Å². The third-order valence-corrected chi connectivity index (χ3v) is 5.77. The Morgan fingerprint density at radius 1 is 1.10 bits per heavy atom. The molecule has 0 aliphatic carbocycles. The Balaban J connectivity index is 1.80. The number of rotatable bonds is 3. The van der Waals surface area contributed by atoms with Crippen LogP contribution in [0.2, 0.25) is 0 Å². The van der Waals surface area contributed by atoms with Gasteiger partial charge in [0.15, 0.2) is 0 Å². The van der Waals surface area contributed by atoms with Gasteiger partial charge in [-0.1, -0.05) is 31.2 Å². The van der Waals surface area contributed by atoms with Gasteiger partial charge in [0.25, 0.3) is 0 Å². The predicted molar refractivity (Wildman–Crippen MR) is 106 cm³/mol. The van der Waals surface area contributed by atoms with Crippen LogP contribution in [0.3, 0.4) is 0 Å². The summed E-state index contributed by atoms with van der Waals surface area (Å²) >= 11 is 0. The summed E-state index contributed by atoms with van der Waals surface area (Å²) in [4.78, 5) is 0. The zero-order chi connectivity index (χ0) is 20.6. The van der Waals surface area contributed by atoms with Gasteiger partial charge < -0.3 is 10.4 Å². The number of benzene rings is 2. The van der Waals surface area contributed by atoms with Crippen molar-refractivity contribution in [1.29, 1.82) is 0 Å². The van der Waals surface area contributed by atoms with Crippen molar-refractivity contribution in [3.8, 4) is 17.0 Å². The summed E-state index contributed by atoms with van der Waals surface area (Å²) in [7, 11) is 0. The number of nitrogens with zero attached hydrogens (tertiary/aromatic N) is 2. The minimum absolute atomic E-state index is 0.190. The third-order valence-electron chi connectivity index (χ3n) is 5.77. The van der Waals surface area contributed by atoms with Crippen LogP contribution in [-0.2, 0) is 6.18 Å². The van der Waals surface area contributed by atoms with E-state index in [2.05, 4.69) is 22.4 Å². The lowest BCUT2D eigenvalue weighted by atomic mass is 9.83. The molecule has 2 N–H and O–H groups in total. The summed E-state index contributed by atoms with van der Waals surface area (Å²) in [6, 6.07) is 10.5. The van der Waals surface area contributed by atoms with E-state index in [4.69, 9.17) is 0 Å². The lowest BCUT2D eigenvalue weighted by Crippen LogP contribution is -2.32. The van der Waals surface area contributed by atoms with Gasteiger partial charge in [0.05, 0.1) is 11.3 Å². The van der Waals surface area contributed by atoms with Gasteiger partial charge in [-0.05, 0) is 50.0 Å². The van der Waals surface area contributed by atoms with Gasteiger partial charge in [0.1, 0.15) is 11.4 Å². The number of piperidine rings is 1. The van der Waals surface area contributed by atoms with Crippen molar-refractivity contribution in [3.05, 3.63) is 53.7 Å².